The van der Waals surface area contributed by atoms with Crippen molar-refractivity contribution in [3.8, 4) is 0 Å². The van der Waals surface area contributed by atoms with Crippen LogP contribution < -0.4 is 10.2 Å². The highest BCUT2D eigenvalue weighted by Gasteiger charge is 2.08. The fourth-order valence-electron chi connectivity index (χ4n) is 1.99. The van der Waals surface area contributed by atoms with Gasteiger partial charge in [0.15, 0.2) is 5.96 Å². The second kappa shape index (κ2) is 9.33. The van der Waals surface area contributed by atoms with E-state index in [2.05, 4.69) is 26.5 Å². The first-order chi connectivity index (χ1) is 10.6. The molecule has 0 aliphatic heterocycles. The highest BCUT2D eigenvalue weighted by atomic mass is 127. The van der Waals surface area contributed by atoms with Crippen LogP contribution in [0.4, 0.5) is 5.82 Å². The van der Waals surface area contributed by atoms with Crippen LogP contribution in [0.25, 0.3) is 0 Å². The first-order valence-electron chi connectivity index (χ1n) is 7.03. The van der Waals surface area contributed by atoms with Gasteiger partial charge < -0.3 is 19.6 Å². The normalized spacial score (nSPS) is 10.9. The maximum Gasteiger partial charge on any atom is 0.194 e. The lowest BCUT2D eigenvalue weighted by atomic mass is 10.3. The number of hydrogen-bond donors (Lipinski definition) is 1. The summed E-state index contributed by atoms with van der Waals surface area (Å²) in [4.78, 5) is 12.6. The number of rotatable bonds is 5. The van der Waals surface area contributed by atoms with E-state index >= 15 is 0 Å². The molecule has 0 saturated carbocycles. The minimum absolute atomic E-state index is 0. The summed E-state index contributed by atoms with van der Waals surface area (Å²) in [6.07, 6.45) is 3.44. The molecule has 0 saturated heterocycles. The molecule has 0 aliphatic rings. The third kappa shape index (κ3) is 5.70. The van der Waals surface area contributed by atoms with Crippen LogP contribution in [0.15, 0.2) is 40.2 Å². The standard InChI is InChI=1S/C15H22N6O.HI/c1-16-15(21(4)11-13-7-8-22-19-13)18-10-12-5-6-14(17-9-12)20(2)3;/h5-9H,10-11H2,1-4H3,(H,16,18);1H. The fourth-order valence-corrected chi connectivity index (χ4v) is 1.99. The quantitative estimate of drug-likeness (QED) is 0.445. The van der Waals surface area contributed by atoms with Crippen molar-refractivity contribution in [3.63, 3.8) is 0 Å². The molecule has 126 valence electrons. The molecular formula is C15H23IN6O. The van der Waals surface area contributed by atoms with Crippen molar-refractivity contribution >= 4 is 35.8 Å². The average Bonchev–Trinajstić information content (AvgIpc) is 3.01. The fraction of sp³-hybridized carbons (Fsp3) is 0.400. The molecule has 0 fully saturated rings. The van der Waals surface area contributed by atoms with Crippen molar-refractivity contribution in [2.45, 2.75) is 13.1 Å². The van der Waals surface area contributed by atoms with Crippen molar-refractivity contribution in [2.75, 3.05) is 33.1 Å². The monoisotopic (exact) mass is 430 g/mol. The number of guanidine groups is 1. The van der Waals surface area contributed by atoms with Gasteiger partial charge in [-0.2, -0.15) is 0 Å². The van der Waals surface area contributed by atoms with Crippen LogP contribution in [-0.4, -0.2) is 49.2 Å². The highest BCUT2D eigenvalue weighted by Crippen LogP contribution is 2.08. The second-order valence-corrected chi connectivity index (χ2v) is 5.17. The Morgan fingerprint density at radius 1 is 1.26 bits per heavy atom. The number of anilines is 1. The number of hydrogen-bond acceptors (Lipinski definition) is 5. The zero-order valence-corrected chi connectivity index (χ0v) is 16.2. The van der Waals surface area contributed by atoms with E-state index in [9.17, 15) is 0 Å². The van der Waals surface area contributed by atoms with E-state index in [1.807, 2.05) is 49.3 Å². The van der Waals surface area contributed by atoms with E-state index < -0.39 is 0 Å². The SMILES string of the molecule is CN=C(NCc1ccc(N(C)C)nc1)N(C)Cc1ccon1.I. The molecule has 0 unspecified atom stereocenters. The Morgan fingerprint density at radius 3 is 2.57 bits per heavy atom. The summed E-state index contributed by atoms with van der Waals surface area (Å²) in [6, 6.07) is 5.90. The van der Waals surface area contributed by atoms with Crippen molar-refractivity contribution < 1.29 is 4.52 Å². The van der Waals surface area contributed by atoms with Crippen molar-refractivity contribution in [2.24, 2.45) is 4.99 Å². The smallest absolute Gasteiger partial charge is 0.194 e. The van der Waals surface area contributed by atoms with E-state index in [1.165, 1.54) is 0 Å². The van der Waals surface area contributed by atoms with Crippen molar-refractivity contribution in [1.82, 2.24) is 20.4 Å². The first kappa shape index (κ1) is 19.2. The zero-order valence-electron chi connectivity index (χ0n) is 13.9. The minimum Gasteiger partial charge on any atom is -0.364 e. The van der Waals surface area contributed by atoms with Gasteiger partial charge in [0.2, 0.25) is 0 Å². The molecule has 2 aromatic rings. The predicted molar refractivity (Wildman–Crippen MR) is 102 cm³/mol. The third-order valence-corrected chi connectivity index (χ3v) is 3.18. The minimum atomic E-state index is 0. The van der Waals surface area contributed by atoms with Crippen molar-refractivity contribution in [1.29, 1.82) is 0 Å². The Balaban J connectivity index is 0.00000264. The molecule has 7 nitrogen and oxygen atoms in total. The van der Waals surface area contributed by atoms with Gasteiger partial charge in [-0.3, -0.25) is 4.99 Å². The summed E-state index contributed by atoms with van der Waals surface area (Å²) < 4.78 is 4.84. The van der Waals surface area contributed by atoms with Gasteiger partial charge in [0.05, 0.1) is 6.54 Å². The largest absolute Gasteiger partial charge is 0.364 e. The van der Waals surface area contributed by atoms with Crippen molar-refractivity contribution in [3.05, 3.63) is 41.9 Å². The van der Waals surface area contributed by atoms with Crippen LogP contribution in [0.2, 0.25) is 0 Å². The number of aliphatic imine (C=N–C) groups is 1. The van der Waals surface area contributed by atoms with E-state index in [1.54, 1.807) is 13.3 Å². The molecule has 0 radical (unpaired) electrons. The summed E-state index contributed by atoms with van der Waals surface area (Å²) in [6.45, 7) is 1.30. The molecule has 0 aromatic carbocycles. The molecule has 2 aromatic heterocycles. The summed E-state index contributed by atoms with van der Waals surface area (Å²) in [5.41, 5.74) is 1.96. The Labute approximate surface area is 153 Å². The van der Waals surface area contributed by atoms with Gasteiger partial charge in [0, 0.05) is 47.0 Å². The average molecular weight is 430 g/mol. The molecule has 0 amide bonds. The number of aromatic nitrogens is 2. The van der Waals surface area contributed by atoms with Crippen LogP contribution >= 0.6 is 24.0 Å². The Hall–Kier alpha value is -1.84. The lowest BCUT2D eigenvalue weighted by Crippen LogP contribution is -2.38. The van der Waals surface area contributed by atoms with Gasteiger partial charge in [0.1, 0.15) is 17.8 Å². The topological polar surface area (TPSA) is 69.8 Å². The van der Waals surface area contributed by atoms with E-state index in [0.29, 0.717) is 13.1 Å². The molecule has 1 N–H and O–H groups in total. The van der Waals surface area contributed by atoms with E-state index in [0.717, 1.165) is 23.0 Å². The highest BCUT2D eigenvalue weighted by molar-refractivity contribution is 14.0. The van der Waals surface area contributed by atoms with E-state index in [4.69, 9.17) is 4.52 Å². The maximum absolute atomic E-state index is 4.84. The molecule has 0 bridgehead atoms. The van der Waals surface area contributed by atoms with Gasteiger partial charge in [-0.05, 0) is 11.6 Å². The van der Waals surface area contributed by atoms with Crippen LogP contribution in [0.3, 0.4) is 0 Å². The molecular weight excluding hydrogens is 407 g/mol. The van der Waals surface area contributed by atoms with Gasteiger partial charge >= 0.3 is 0 Å². The Bertz CT molecular complexity index is 597. The van der Waals surface area contributed by atoms with Crippen LogP contribution in [0.1, 0.15) is 11.3 Å². The summed E-state index contributed by atoms with van der Waals surface area (Å²) in [5.74, 6) is 1.73. The number of halogens is 1. The van der Waals surface area contributed by atoms with Gasteiger partial charge in [-0.1, -0.05) is 11.2 Å². The zero-order chi connectivity index (χ0) is 15.9. The number of nitrogens with zero attached hydrogens (tertiary/aromatic N) is 5. The van der Waals surface area contributed by atoms with Gasteiger partial charge in [-0.25, -0.2) is 4.98 Å². The van der Waals surface area contributed by atoms with Crippen LogP contribution in [0, 0.1) is 0 Å². The molecule has 0 atom stereocenters. The Kier molecular flexibility index (Phi) is 7.79. The molecule has 2 heterocycles. The summed E-state index contributed by atoms with van der Waals surface area (Å²) >= 11 is 0. The lowest BCUT2D eigenvalue weighted by molar-refractivity contribution is 0.391. The first-order valence-corrected chi connectivity index (χ1v) is 7.03. The lowest BCUT2D eigenvalue weighted by Gasteiger charge is -2.21. The molecule has 0 spiro atoms. The summed E-state index contributed by atoms with van der Waals surface area (Å²) in [5, 5.41) is 7.21. The molecule has 8 heteroatoms. The Morgan fingerprint density at radius 2 is 2.04 bits per heavy atom. The number of nitrogens with one attached hydrogen (secondary N) is 1. The van der Waals surface area contributed by atoms with Crippen LogP contribution in [0.5, 0.6) is 0 Å². The third-order valence-electron chi connectivity index (χ3n) is 3.18. The number of pyridine rings is 1. The second-order valence-electron chi connectivity index (χ2n) is 5.17. The van der Waals surface area contributed by atoms with E-state index in [-0.39, 0.29) is 24.0 Å². The van der Waals surface area contributed by atoms with Crippen LogP contribution in [-0.2, 0) is 13.1 Å². The molecule has 2 rings (SSSR count). The maximum atomic E-state index is 4.84. The molecule has 23 heavy (non-hydrogen) atoms. The summed E-state index contributed by atoms with van der Waals surface area (Å²) in [7, 11) is 7.66. The van der Waals surface area contributed by atoms with Gasteiger partial charge in [0.25, 0.3) is 0 Å². The predicted octanol–water partition coefficient (Wildman–Crippen LogP) is 1.96. The van der Waals surface area contributed by atoms with Gasteiger partial charge in [-0.15, -0.1) is 24.0 Å². The molecule has 0 aliphatic carbocycles.